The molecule has 134 valence electrons. The van der Waals surface area contributed by atoms with Crippen LogP contribution in [0, 0.1) is 5.82 Å². The summed E-state index contributed by atoms with van der Waals surface area (Å²) in [4.78, 5) is 8.63. The Morgan fingerprint density at radius 2 is 1.88 bits per heavy atom. The number of hydrogen-bond acceptors (Lipinski definition) is 5. The van der Waals surface area contributed by atoms with E-state index in [-0.39, 0.29) is 11.1 Å². The molecule has 1 heterocycles. The summed E-state index contributed by atoms with van der Waals surface area (Å²) in [6.45, 7) is 3.93. The molecular weight excluding hydrogens is 355 g/mol. The molecule has 0 atom stereocenters. The summed E-state index contributed by atoms with van der Waals surface area (Å²) in [5.74, 6) is 1.20. The average Bonchev–Trinajstić information content (AvgIpc) is 2.60. The molecule has 0 saturated heterocycles. The van der Waals surface area contributed by atoms with Crippen molar-refractivity contribution in [2.24, 2.45) is 0 Å². The Hall–Kier alpha value is -2.86. The highest BCUT2D eigenvalue weighted by Crippen LogP contribution is 2.28. The first-order valence-electron chi connectivity index (χ1n) is 8.09. The molecule has 3 rings (SSSR count). The van der Waals surface area contributed by atoms with Crippen molar-refractivity contribution in [3.8, 4) is 5.75 Å². The van der Waals surface area contributed by atoms with Gasteiger partial charge >= 0.3 is 0 Å². The monoisotopic (exact) mass is 372 g/mol. The highest BCUT2D eigenvalue weighted by atomic mass is 35.5. The second-order valence-electron chi connectivity index (χ2n) is 5.81. The Balaban J connectivity index is 1.78. The van der Waals surface area contributed by atoms with Crippen molar-refractivity contribution in [1.82, 2.24) is 9.97 Å². The minimum atomic E-state index is -0.469. The van der Waals surface area contributed by atoms with Crippen molar-refractivity contribution >= 4 is 34.7 Å². The van der Waals surface area contributed by atoms with E-state index in [1.54, 1.807) is 18.3 Å². The zero-order valence-corrected chi connectivity index (χ0v) is 15.1. The van der Waals surface area contributed by atoms with Gasteiger partial charge in [-0.1, -0.05) is 23.7 Å². The smallest absolute Gasteiger partial charge is 0.229 e. The molecule has 0 aliphatic carbocycles. The summed E-state index contributed by atoms with van der Waals surface area (Å²) in [7, 11) is 0. The summed E-state index contributed by atoms with van der Waals surface area (Å²) in [6, 6.07) is 13.7. The van der Waals surface area contributed by atoms with Gasteiger partial charge in [-0.05, 0) is 50.2 Å². The van der Waals surface area contributed by atoms with Crippen molar-refractivity contribution in [2.75, 3.05) is 10.6 Å². The van der Waals surface area contributed by atoms with Gasteiger partial charge in [0, 0.05) is 11.9 Å². The van der Waals surface area contributed by atoms with E-state index in [1.165, 1.54) is 12.1 Å². The van der Waals surface area contributed by atoms with Gasteiger partial charge in [0.25, 0.3) is 0 Å². The lowest BCUT2D eigenvalue weighted by molar-refractivity contribution is 0.244. The van der Waals surface area contributed by atoms with Crippen LogP contribution in [0.3, 0.4) is 0 Å². The molecule has 0 spiro atoms. The number of benzene rings is 2. The molecule has 0 fully saturated rings. The van der Waals surface area contributed by atoms with E-state index >= 15 is 0 Å². The molecule has 5 nitrogen and oxygen atoms in total. The number of para-hydroxylation sites is 2. The molecule has 7 heteroatoms. The van der Waals surface area contributed by atoms with Crippen LogP contribution in [0.15, 0.2) is 54.7 Å². The topological polar surface area (TPSA) is 59.1 Å². The van der Waals surface area contributed by atoms with E-state index in [0.29, 0.717) is 17.5 Å². The van der Waals surface area contributed by atoms with E-state index in [1.807, 2.05) is 38.1 Å². The van der Waals surface area contributed by atoms with Crippen molar-refractivity contribution < 1.29 is 9.13 Å². The number of aromatic nitrogens is 2. The molecule has 0 radical (unpaired) electrons. The van der Waals surface area contributed by atoms with Gasteiger partial charge in [0.05, 0.1) is 16.8 Å². The van der Waals surface area contributed by atoms with Crippen molar-refractivity contribution in [1.29, 1.82) is 0 Å². The second-order valence-corrected chi connectivity index (χ2v) is 6.21. The van der Waals surface area contributed by atoms with Crippen LogP contribution in [0.5, 0.6) is 5.75 Å². The average molecular weight is 373 g/mol. The van der Waals surface area contributed by atoms with Crippen molar-refractivity contribution in [3.05, 3.63) is 65.6 Å². The SMILES string of the molecule is CC(C)Oc1ccccc1Nc1nccc(Nc2ccc(F)c(Cl)c2)n1. The predicted molar refractivity (Wildman–Crippen MR) is 102 cm³/mol. The first-order valence-corrected chi connectivity index (χ1v) is 8.47. The zero-order valence-electron chi connectivity index (χ0n) is 14.3. The Kier molecular flexibility index (Phi) is 5.53. The fourth-order valence-electron chi connectivity index (χ4n) is 2.26. The second kappa shape index (κ2) is 8.01. The van der Waals surface area contributed by atoms with E-state index < -0.39 is 5.82 Å². The van der Waals surface area contributed by atoms with Crippen LogP contribution in [0.2, 0.25) is 5.02 Å². The Labute approximate surface area is 156 Å². The Morgan fingerprint density at radius 1 is 1.08 bits per heavy atom. The Morgan fingerprint density at radius 3 is 2.65 bits per heavy atom. The molecule has 0 aliphatic heterocycles. The quantitative estimate of drug-likeness (QED) is 0.594. The number of rotatable bonds is 6. The largest absolute Gasteiger partial charge is 0.489 e. The summed E-state index contributed by atoms with van der Waals surface area (Å²) in [5.41, 5.74) is 1.40. The summed E-state index contributed by atoms with van der Waals surface area (Å²) in [6.07, 6.45) is 1.67. The normalized spacial score (nSPS) is 10.7. The molecule has 2 aromatic carbocycles. The van der Waals surface area contributed by atoms with Crippen LogP contribution < -0.4 is 15.4 Å². The van der Waals surface area contributed by atoms with Gasteiger partial charge in [0.2, 0.25) is 5.95 Å². The van der Waals surface area contributed by atoms with Crippen LogP contribution in [-0.2, 0) is 0 Å². The third kappa shape index (κ3) is 4.61. The summed E-state index contributed by atoms with van der Waals surface area (Å²) < 4.78 is 19.0. The van der Waals surface area contributed by atoms with Gasteiger partial charge < -0.3 is 15.4 Å². The number of hydrogen-bond donors (Lipinski definition) is 2. The molecule has 1 aromatic heterocycles. The summed E-state index contributed by atoms with van der Waals surface area (Å²) in [5, 5.41) is 6.27. The maximum Gasteiger partial charge on any atom is 0.229 e. The minimum Gasteiger partial charge on any atom is -0.489 e. The van der Waals surface area contributed by atoms with Crippen LogP contribution in [0.25, 0.3) is 0 Å². The molecule has 0 unspecified atom stereocenters. The third-order valence-corrected chi connectivity index (χ3v) is 3.63. The molecule has 0 aliphatic rings. The van der Waals surface area contributed by atoms with Crippen molar-refractivity contribution in [2.45, 2.75) is 20.0 Å². The Bertz CT molecular complexity index is 904. The molecule has 0 amide bonds. The lowest BCUT2D eigenvalue weighted by atomic mass is 10.3. The van der Waals surface area contributed by atoms with E-state index in [9.17, 15) is 4.39 Å². The van der Waals surface area contributed by atoms with Crippen LogP contribution in [0.1, 0.15) is 13.8 Å². The molecule has 26 heavy (non-hydrogen) atoms. The fraction of sp³-hybridized carbons (Fsp3) is 0.158. The van der Waals surface area contributed by atoms with E-state index in [0.717, 1.165) is 11.4 Å². The third-order valence-electron chi connectivity index (χ3n) is 3.34. The first kappa shape index (κ1) is 17.9. The van der Waals surface area contributed by atoms with Crippen LogP contribution >= 0.6 is 11.6 Å². The standard InChI is InChI=1S/C19H18ClFN4O/c1-12(2)26-17-6-4-3-5-16(17)24-19-22-10-9-18(25-19)23-13-7-8-15(21)14(20)11-13/h3-12H,1-2H3,(H2,22,23,24,25). The van der Waals surface area contributed by atoms with Crippen LogP contribution in [0.4, 0.5) is 27.5 Å². The van der Waals surface area contributed by atoms with Gasteiger partial charge in [-0.15, -0.1) is 0 Å². The minimum absolute atomic E-state index is 0.0437. The van der Waals surface area contributed by atoms with Crippen molar-refractivity contribution in [3.63, 3.8) is 0 Å². The molecule has 0 saturated carbocycles. The fourth-order valence-corrected chi connectivity index (χ4v) is 2.44. The highest BCUT2D eigenvalue weighted by molar-refractivity contribution is 6.31. The van der Waals surface area contributed by atoms with Gasteiger partial charge in [-0.2, -0.15) is 4.98 Å². The maximum absolute atomic E-state index is 13.3. The molecule has 3 aromatic rings. The van der Waals surface area contributed by atoms with Gasteiger partial charge in [0.15, 0.2) is 0 Å². The molecule has 0 bridgehead atoms. The van der Waals surface area contributed by atoms with E-state index in [2.05, 4.69) is 20.6 Å². The maximum atomic E-state index is 13.3. The first-order chi connectivity index (χ1) is 12.5. The van der Waals surface area contributed by atoms with Crippen LogP contribution in [-0.4, -0.2) is 16.1 Å². The van der Waals surface area contributed by atoms with Gasteiger partial charge in [-0.3, -0.25) is 0 Å². The number of nitrogens with zero attached hydrogens (tertiary/aromatic N) is 2. The lowest BCUT2D eigenvalue weighted by Gasteiger charge is -2.15. The highest BCUT2D eigenvalue weighted by Gasteiger charge is 2.08. The zero-order chi connectivity index (χ0) is 18.5. The van der Waals surface area contributed by atoms with Gasteiger partial charge in [0.1, 0.15) is 17.4 Å². The lowest BCUT2D eigenvalue weighted by Crippen LogP contribution is -2.08. The molecular formula is C19H18ClFN4O. The summed E-state index contributed by atoms with van der Waals surface area (Å²) >= 11 is 5.80. The van der Waals surface area contributed by atoms with Gasteiger partial charge in [-0.25, -0.2) is 9.37 Å². The number of ether oxygens (including phenoxy) is 1. The van der Waals surface area contributed by atoms with E-state index in [4.69, 9.17) is 16.3 Å². The predicted octanol–water partition coefficient (Wildman–Crippen LogP) is 5.54. The number of anilines is 4. The number of halogens is 2. The number of nitrogens with one attached hydrogen (secondary N) is 2. The molecule has 2 N–H and O–H groups in total.